The maximum absolute atomic E-state index is 9.21. The smallest absolute Gasteiger partial charge is 0.215 e. The van der Waals surface area contributed by atoms with Gasteiger partial charge in [-0.05, 0) is 5.56 Å². The van der Waals surface area contributed by atoms with Gasteiger partial charge in [-0.25, -0.2) is 4.89 Å². The predicted molar refractivity (Wildman–Crippen MR) is 37.3 cm³/mol. The first-order valence-electron chi connectivity index (χ1n) is 3.42. The van der Waals surface area contributed by atoms with Crippen LogP contribution in [0.15, 0.2) is 24.3 Å². The SMILES string of the molecule is OC1OOCc2ccccc21. The number of hydrogen-bond acceptors (Lipinski definition) is 3. The zero-order valence-electron chi connectivity index (χ0n) is 5.86. The third-order valence-electron chi connectivity index (χ3n) is 1.69. The van der Waals surface area contributed by atoms with Gasteiger partial charge in [-0.2, -0.15) is 4.89 Å². The van der Waals surface area contributed by atoms with Crippen LogP contribution in [-0.4, -0.2) is 5.11 Å². The summed E-state index contributed by atoms with van der Waals surface area (Å²) in [5, 5.41) is 9.21. The number of benzene rings is 1. The third-order valence-corrected chi connectivity index (χ3v) is 1.69. The van der Waals surface area contributed by atoms with Gasteiger partial charge >= 0.3 is 0 Å². The van der Waals surface area contributed by atoms with Gasteiger partial charge in [0.2, 0.25) is 6.29 Å². The molecule has 0 bridgehead atoms. The molecule has 0 saturated carbocycles. The Balaban J connectivity index is 2.44. The molecule has 3 nitrogen and oxygen atoms in total. The lowest BCUT2D eigenvalue weighted by Gasteiger charge is -2.19. The highest BCUT2D eigenvalue weighted by atomic mass is 17.2. The van der Waals surface area contributed by atoms with E-state index in [0.717, 1.165) is 11.1 Å². The van der Waals surface area contributed by atoms with Crippen LogP contribution in [0, 0.1) is 0 Å². The predicted octanol–water partition coefficient (Wildman–Crippen LogP) is 1.14. The number of aliphatic hydroxyl groups is 1. The lowest BCUT2D eigenvalue weighted by atomic mass is 10.1. The first kappa shape index (κ1) is 6.79. The van der Waals surface area contributed by atoms with Crippen molar-refractivity contribution in [3.8, 4) is 0 Å². The molecule has 1 aliphatic rings. The minimum absolute atomic E-state index is 0.410. The minimum atomic E-state index is -0.931. The average Bonchev–Trinajstić information content (AvgIpc) is 2.06. The molecule has 1 aromatic carbocycles. The molecule has 58 valence electrons. The Labute approximate surface area is 64.1 Å². The average molecular weight is 152 g/mol. The summed E-state index contributed by atoms with van der Waals surface area (Å²) < 4.78 is 0. The summed E-state index contributed by atoms with van der Waals surface area (Å²) in [7, 11) is 0. The summed E-state index contributed by atoms with van der Waals surface area (Å²) in [5.41, 5.74) is 1.77. The van der Waals surface area contributed by atoms with Gasteiger partial charge in [-0.1, -0.05) is 24.3 Å². The van der Waals surface area contributed by atoms with Crippen molar-refractivity contribution in [2.75, 3.05) is 0 Å². The van der Waals surface area contributed by atoms with Crippen LogP contribution in [0.5, 0.6) is 0 Å². The molecule has 11 heavy (non-hydrogen) atoms. The van der Waals surface area contributed by atoms with Gasteiger partial charge in [0, 0.05) is 5.56 Å². The Bertz CT molecular complexity index is 259. The monoisotopic (exact) mass is 152 g/mol. The molecule has 0 fully saturated rings. The van der Waals surface area contributed by atoms with Crippen LogP contribution < -0.4 is 0 Å². The van der Waals surface area contributed by atoms with Crippen molar-refractivity contribution in [3.05, 3.63) is 35.4 Å². The van der Waals surface area contributed by atoms with E-state index < -0.39 is 6.29 Å². The molecular formula is C8H8O3. The molecule has 1 N–H and O–H groups in total. The van der Waals surface area contributed by atoms with Crippen LogP contribution in [0.4, 0.5) is 0 Å². The van der Waals surface area contributed by atoms with E-state index in [-0.39, 0.29) is 0 Å². The number of fused-ring (bicyclic) bond motifs is 1. The summed E-state index contributed by atoms with van der Waals surface area (Å²) in [6, 6.07) is 7.49. The lowest BCUT2D eigenvalue weighted by molar-refractivity contribution is -0.391. The van der Waals surface area contributed by atoms with Crippen molar-refractivity contribution in [1.82, 2.24) is 0 Å². The Morgan fingerprint density at radius 1 is 1.36 bits per heavy atom. The van der Waals surface area contributed by atoms with Crippen molar-refractivity contribution in [2.24, 2.45) is 0 Å². The quantitative estimate of drug-likeness (QED) is 0.566. The largest absolute Gasteiger partial charge is 0.362 e. The Kier molecular flexibility index (Phi) is 1.62. The zero-order chi connectivity index (χ0) is 7.68. The summed E-state index contributed by atoms with van der Waals surface area (Å²) in [5.74, 6) is 0. The maximum atomic E-state index is 9.21. The Morgan fingerprint density at radius 2 is 2.18 bits per heavy atom. The molecule has 1 aromatic rings. The summed E-state index contributed by atoms with van der Waals surface area (Å²) in [4.78, 5) is 9.22. The molecule has 3 heteroatoms. The van der Waals surface area contributed by atoms with E-state index in [1.54, 1.807) is 0 Å². The fourth-order valence-corrected chi connectivity index (χ4v) is 1.12. The van der Waals surface area contributed by atoms with Crippen LogP contribution in [0.25, 0.3) is 0 Å². The molecule has 0 radical (unpaired) electrons. The number of hydrogen-bond donors (Lipinski definition) is 1. The van der Waals surface area contributed by atoms with Gasteiger partial charge in [0.1, 0.15) is 6.61 Å². The van der Waals surface area contributed by atoms with E-state index in [1.165, 1.54) is 0 Å². The fraction of sp³-hybridized carbons (Fsp3) is 0.250. The second-order valence-corrected chi connectivity index (χ2v) is 2.41. The minimum Gasteiger partial charge on any atom is -0.362 e. The van der Waals surface area contributed by atoms with Crippen LogP contribution in [0.3, 0.4) is 0 Å². The van der Waals surface area contributed by atoms with E-state index in [0.29, 0.717) is 6.61 Å². The third kappa shape index (κ3) is 1.14. The van der Waals surface area contributed by atoms with Crippen molar-refractivity contribution in [1.29, 1.82) is 0 Å². The molecule has 0 spiro atoms. The van der Waals surface area contributed by atoms with Crippen LogP contribution in [0.1, 0.15) is 17.4 Å². The van der Waals surface area contributed by atoms with E-state index in [2.05, 4.69) is 9.78 Å². The molecule has 1 unspecified atom stereocenters. The first-order chi connectivity index (χ1) is 5.38. The topological polar surface area (TPSA) is 38.7 Å². The normalized spacial score (nSPS) is 22.8. The van der Waals surface area contributed by atoms with Crippen LogP contribution >= 0.6 is 0 Å². The highest BCUT2D eigenvalue weighted by molar-refractivity contribution is 5.27. The van der Waals surface area contributed by atoms with E-state index in [1.807, 2.05) is 24.3 Å². The van der Waals surface area contributed by atoms with Gasteiger partial charge in [-0.15, -0.1) is 0 Å². The number of rotatable bonds is 0. The first-order valence-corrected chi connectivity index (χ1v) is 3.42. The standard InChI is InChI=1S/C8H8O3/c9-8-7-4-2-1-3-6(7)5-10-11-8/h1-4,8-9H,5H2. The second-order valence-electron chi connectivity index (χ2n) is 2.41. The van der Waals surface area contributed by atoms with Gasteiger partial charge in [0.25, 0.3) is 0 Å². The van der Waals surface area contributed by atoms with Crippen molar-refractivity contribution in [2.45, 2.75) is 12.9 Å². The molecule has 0 saturated heterocycles. The lowest BCUT2D eigenvalue weighted by Crippen LogP contribution is -2.13. The van der Waals surface area contributed by atoms with E-state index >= 15 is 0 Å². The van der Waals surface area contributed by atoms with Crippen LogP contribution in [-0.2, 0) is 16.4 Å². The summed E-state index contributed by atoms with van der Waals surface area (Å²) in [6.07, 6.45) is -0.931. The maximum Gasteiger partial charge on any atom is 0.215 e. The van der Waals surface area contributed by atoms with Crippen molar-refractivity contribution < 1.29 is 14.9 Å². The highest BCUT2D eigenvalue weighted by Gasteiger charge is 2.18. The van der Waals surface area contributed by atoms with Gasteiger partial charge in [0.15, 0.2) is 0 Å². The molecule has 1 aliphatic heterocycles. The van der Waals surface area contributed by atoms with Gasteiger partial charge in [-0.3, -0.25) is 0 Å². The Morgan fingerprint density at radius 3 is 3.00 bits per heavy atom. The molecular weight excluding hydrogens is 144 g/mol. The van der Waals surface area contributed by atoms with E-state index in [9.17, 15) is 5.11 Å². The van der Waals surface area contributed by atoms with Crippen molar-refractivity contribution >= 4 is 0 Å². The highest BCUT2D eigenvalue weighted by Crippen LogP contribution is 2.24. The van der Waals surface area contributed by atoms with Gasteiger partial charge < -0.3 is 5.11 Å². The summed E-state index contributed by atoms with van der Waals surface area (Å²) in [6.45, 7) is 0.410. The second kappa shape index (κ2) is 2.62. The number of aliphatic hydroxyl groups excluding tert-OH is 1. The fourth-order valence-electron chi connectivity index (χ4n) is 1.12. The Hall–Kier alpha value is -0.900. The van der Waals surface area contributed by atoms with Crippen LogP contribution in [0.2, 0.25) is 0 Å². The molecule has 1 heterocycles. The molecule has 0 aliphatic carbocycles. The van der Waals surface area contributed by atoms with E-state index in [4.69, 9.17) is 0 Å². The molecule has 0 aromatic heterocycles. The van der Waals surface area contributed by atoms with Crippen molar-refractivity contribution in [3.63, 3.8) is 0 Å². The summed E-state index contributed by atoms with van der Waals surface area (Å²) >= 11 is 0. The molecule has 1 atom stereocenters. The zero-order valence-corrected chi connectivity index (χ0v) is 5.86. The molecule has 2 rings (SSSR count). The van der Waals surface area contributed by atoms with Gasteiger partial charge in [0.05, 0.1) is 0 Å². The molecule has 0 amide bonds.